The Morgan fingerprint density at radius 3 is 2.13 bits per heavy atom. The Bertz CT molecular complexity index is 1170. The zero-order valence-corrected chi connectivity index (χ0v) is 21.6. The van der Waals surface area contributed by atoms with Crippen LogP contribution in [0.4, 0.5) is 18.0 Å². The summed E-state index contributed by atoms with van der Waals surface area (Å²) in [7, 11) is 0. The quantitative estimate of drug-likeness (QED) is 0.576. The smallest absolute Gasteiger partial charge is 0.416 e. The zero-order valence-electron chi connectivity index (χ0n) is 21.6. The van der Waals surface area contributed by atoms with Gasteiger partial charge in [-0.15, -0.1) is 0 Å². The molecule has 0 radical (unpaired) electrons. The van der Waals surface area contributed by atoms with Gasteiger partial charge in [-0.2, -0.15) is 13.2 Å². The number of amides is 3. The monoisotopic (exact) mass is 531 g/mol. The number of ether oxygens (including phenoxy) is 1. The van der Waals surface area contributed by atoms with Crippen molar-refractivity contribution in [2.45, 2.75) is 69.3 Å². The van der Waals surface area contributed by atoms with Gasteiger partial charge in [0, 0.05) is 30.6 Å². The fraction of sp³-hybridized carbons (Fsp3) is 0.464. The molecule has 2 aromatic carbocycles. The lowest BCUT2D eigenvalue weighted by Gasteiger charge is -2.40. The normalized spacial score (nSPS) is 20.8. The average molecular weight is 532 g/mol. The van der Waals surface area contributed by atoms with Crippen molar-refractivity contribution in [2.75, 3.05) is 13.1 Å². The Kier molecular flexibility index (Phi) is 7.45. The molecule has 1 aliphatic carbocycles. The molecule has 0 aromatic heterocycles. The summed E-state index contributed by atoms with van der Waals surface area (Å²) in [6, 6.07) is 13.1. The van der Waals surface area contributed by atoms with E-state index in [1.54, 1.807) is 56.0 Å². The fourth-order valence-corrected chi connectivity index (χ4v) is 4.73. The van der Waals surface area contributed by atoms with Gasteiger partial charge < -0.3 is 20.3 Å². The summed E-state index contributed by atoms with van der Waals surface area (Å²) in [6.07, 6.45) is -3.79. The highest BCUT2D eigenvalue weighted by molar-refractivity contribution is 5.95. The van der Waals surface area contributed by atoms with E-state index in [1.165, 1.54) is 12.1 Å². The Hall–Kier alpha value is -3.56. The topological polar surface area (TPSA) is 87.7 Å². The second-order valence-electron chi connectivity index (χ2n) is 11.0. The summed E-state index contributed by atoms with van der Waals surface area (Å²) in [6.45, 7) is 5.65. The number of nitrogens with one attached hydrogen (secondary N) is 2. The molecule has 0 spiro atoms. The van der Waals surface area contributed by atoms with Crippen LogP contribution < -0.4 is 10.6 Å². The van der Waals surface area contributed by atoms with Gasteiger partial charge in [0.15, 0.2) is 0 Å². The molecule has 2 aliphatic rings. The summed E-state index contributed by atoms with van der Waals surface area (Å²) < 4.78 is 44.6. The van der Waals surface area contributed by atoms with Crippen LogP contribution in [0.15, 0.2) is 54.6 Å². The summed E-state index contributed by atoms with van der Waals surface area (Å²) in [5.41, 5.74) is -1.46. The van der Waals surface area contributed by atoms with Crippen molar-refractivity contribution in [3.63, 3.8) is 0 Å². The van der Waals surface area contributed by atoms with Crippen molar-refractivity contribution in [2.24, 2.45) is 0 Å². The first-order chi connectivity index (χ1) is 17.8. The van der Waals surface area contributed by atoms with E-state index in [9.17, 15) is 27.6 Å². The van der Waals surface area contributed by atoms with Gasteiger partial charge in [0.2, 0.25) is 5.91 Å². The first-order valence-corrected chi connectivity index (χ1v) is 12.6. The second kappa shape index (κ2) is 10.3. The highest BCUT2D eigenvalue weighted by Crippen LogP contribution is 2.40. The lowest BCUT2D eigenvalue weighted by atomic mass is 9.87. The van der Waals surface area contributed by atoms with Gasteiger partial charge >= 0.3 is 12.3 Å². The molecule has 1 saturated carbocycles. The Morgan fingerprint density at radius 2 is 1.58 bits per heavy atom. The Balaban J connectivity index is 1.54. The largest absolute Gasteiger partial charge is 0.444 e. The first-order valence-electron chi connectivity index (χ1n) is 12.6. The van der Waals surface area contributed by atoms with Crippen LogP contribution in [0.25, 0.3) is 0 Å². The molecule has 7 nitrogen and oxygen atoms in total. The third kappa shape index (κ3) is 6.65. The summed E-state index contributed by atoms with van der Waals surface area (Å²) in [5, 5.41) is 5.69. The molecule has 2 N–H and O–H groups in total. The van der Waals surface area contributed by atoms with Crippen molar-refractivity contribution in [1.82, 2.24) is 15.5 Å². The van der Waals surface area contributed by atoms with Gasteiger partial charge in [-0.3, -0.25) is 9.59 Å². The zero-order chi connectivity index (χ0) is 27.7. The van der Waals surface area contributed by atoms with Crippen molar-refractivity contribution < 1.29 is 32.3 Å². The number of carbonyl (C=O) groups is 3. The van der Waals surface area contributed by atoms with Gasteiger partial charge in [0.05, 0.1) is 5.56 Å². The van der Waals surface area contributed by atoms with E-state index in [1.807, 2.05) is 0 Å². The van der Waals surface area contributed by atoms with Crippen LogP contribution in [0.3, 0.4) is 0 Å². The maximum absolute atomic E-state index is 13.6. The molecule has 1 aliphatic heterocycles. The minimum absolute atomic E-state index is 0.215. The van der Waals surface area contributed by atoms with E-state index in [4.69, 9.17) is 4.74 Å². The molecule has 1 saturated heterocycles. The average Bonchev–Trinajstić information content (AvgIpc) is 3.62. The summed E-state index contributed by atoms with van der Waals surface area (Å²) in [4.78, 5) is 40.5. The number of hydrogen-bond acceptors (Lipinski definition) is 4. The molecule has 204 valence electrons. The number of alkyl carbamates (subject to hydrolysis) is 1. The minimum Gasteiger partial charge on any atom is -0.444 e. The number of rotatable bonds is 5. The first kappa shape index (κ1) is 27.5. The van der Waals surface area contributed by atoms with Crippen LogP contribution in [-0.2, 0) is 15.7 Å². The van der Waals surface area contributed by atoms with E-state index in [-0.39, 0.29) is 30.8 Å². The molecule has 0 bridgehead atoms. The highest BCUT2D eigenvalue weighted by atomic mass is 19.4. The second-order valence-corrected chi connectivity index (χ2v) is 11.0. The molecule has 4 rings (SSSR count). The van der Waals surface area contributed by atoms with Crippen molar-refractivity contribution in [3.05, 3.63) is 71.3 Å². The highest BCUT2D eigenvalue weighted by Gasteiger charge is 2.54. The molecule has 10 heteroatoms. The van der Waals surface area contributed by atoms with Crippen LogP contribution in [0.2, 0.25) is 0 Å². The lowest BCUT2D eigenvalue weighted by Crippen LogP contribution is -2.58. The molecule has 2 atom stereocenters. The Labute approximate surface area is 219 Å². The molecule has 2 aromatic rings. The number of alkyl halides is 3. The van der Waals surface area contributed by atoms with Crippen LogP contribution in [0, 0.1) is 0 Å². The molecular weight excluding hydrogens is 499 g/mol. The number of likely N-dealkylation sites (tertiary alicyclic amines) is 1. The van der Waals surface area contributed by atoms with Crippen molar-refractivity contribution >= 4 is 17.9 Å². The molecule has 1 heterocycles. The third-order valence-corrected chi connectivity index (χ3v) is 6.72. The summed E-state index contributed by atoms with van der Waals surface area (Å²) in [5.74, 6) is -0.906. The predicted octanol–water partition coefficient (Wildman–Crippen LogP) is 4.88. The molecule has 2 fully saturated rings. The maximum atomic E-state index is 13.6. The van der Waals surface area contributed by atoms with Crippen LogP contribution in [-0.4, -0.2) is 53.1 Å². The maximum Gasteiger partial charge on any atom is 0.416 e. The van der Waals surface area contributed by atoms with E-state index in [0.717, 1.165) is 12.1 Å². The number of benzene rings is 2. The van der Waals surface area contributed by atoms with Crippen LogP contribution in [0.1, 0.15) is 67.4 Å². The number of carbonyl (C=O) groups excluding carboxylic acids is 3. The van der Waals surface area contributed by atoms with E-state index in [0.29, 0.717) is 30.4 Å². The van der Waals surface area contributed by atoms with Gasteiger partial charge in [-0.05, 0) is 69.9 Å². The SMILES string of the molecule is CC(C)(C)OC(=O)NC1(C(=O)N2CC(NC(=O)c3ccccc3)CC(c3ccc(C(F)(F)F)cc3)C2)CC1. The minimum atomic E-state index is -4.45. The standard InChI is InChI=1S/C28H32F3N3O4/c1-26(2,3)38-25(37)33-27(13-14-27)24(36)34-16-20(18-9-11-21(12-10-18)28(29,30)31)15-22(17-34)32-23(35)19-7-5-4-6-8-19/h4-12,20,22H,13-17H2,1-3H3,(H,32,35)(H,33,37). The molecule has 38 heavy (non-hydrogen) atoms. The van der Waals surface area contributed by atoms with Crippen LogP contribution in [0.5, 0.6) is 0 Å². The van der Waals surface area contributed by atoms with Crippen molar-refractivity contribution in [1.29, 1.82) is 0 Å². The van der Waals surface area contributed by atoms with Crippen LogP contribution >= 0.6 is 0 Å². The van der Waals surface area contributed by atoms with Gasteiger partial charge in [0.1, 0.15) is 11.1 Å². The number of halogens is 3. The van der Waals surface area contributed by atoms with Gasteiger partial charge in [-0.1, -0.05) is 30.3 Å². The van der Waals surface area contributed by atoms with E-state index >= 15 is 0 Å². The number of piperidine rings is 1. The summed E-state index contributed by atoms with van der Waals surface area (Å²) >= 11 is 0. The molecular formula is C28H32F3N3O4. The lowest BCUT2D eigenvalue weighted by molar-refractivity contribution is -0.137. The van der Waals surface area contributed by atoms with Gasteiger partial charge in [0.25, 0.3) is 5.91 Å². The van der Waals surface area contributed by atoms with E-state index in [2.05, 4.69) is 10.6 Å². The van der Waals surface area contributed by atoms with E-state index < -0.39 is 35.0 Å². The number of hydrogen-bond donors (Lipinski definition) is 2. The molecule has 3 amide bonds. The van der Waals surface area contributed by atoms with Crippen molar-refractivity contribution in [3.8, 4) is 0 Å². The number of nitrogens with zero attached hydrogens (tertiary/aromatic N) is 1. The third-order valence-electron chi connectivity index (χ3n) is 6.72. The Morgan fingerprint density at radius 1 is 0.947 bits per heavy atom. The van der Waals surface area contributed by atoms with Gasteiger partial charge in [-0.25, -0.2) is 4.79 Å². The fourth-order valence-electron chi connectivity index (χ4n) is 4.73. The molecule has 2 unspecified atom stereocenters. The predicted molar refractivity (Wildman–Crippen MR) is 134 cm³/mol.